The van der Waals surface area contributed by atoms with E-state index >= 15 is 0 Å². The third-order valence-electron chi connectivity index (χ3n) is 2.44. The predicted octanol–water partition coefficient (Wildman–Crippen LogP) is 1.49. The van der Waals surface area contributed by atoms with Crippen LogP contribution >= 0.6 is 0 Å². The summed E-state index contributed by atoms with van der Waals surface area (Å²) >= 11 is 0. The third-order valence-corrected chi connectivity index (χ3v) is 2.44. The fraction of sp³-hybridized carbons (Fsp3) is 0.167. The van der Waals surface area contributed by atoms with E-state index in [0.29, 0.717) is 0 Å². The summed E-state index contributed by atoms with van der Waals surface area (Å²) in [4.78, 5) is 15.3. The van der Waals surface area contributed by atoms with Crippen molar-refractivity contribution < 1.29 is 4.79 Å². The molecule has 1 aromatic heterocycles. The lowest BCUT2D eigenvalue weighted by Crippen LogP contribution is -2.16. The van der Waals surface area contributed by atoms with Crippen molar-refractivity contribution in [3.63, 3.8) is 0 Å². The van der Waals surface area contributed by atoms with Crippen molar-refractivity contribution in [2.45, 2.75) is 6.92 Å². The SMILES string of the molecule is Cc1ccc(-c2cn(C)c(C(N)=O)n2)cc1. The summed E-state index contributed by atoms with van der Waals surface area (Å²) in [5, 5.41) is 0. The van der Waals surface area contributed by atoms with E-state index in [1.807, 2.05) is 31.2 Å². The lowest BCUT2D eigenvalue weighted by molar-refractivity contribution is 0.0987. The molecule has 1 amide bonds. The van der Waals surface area contributed by atoms with Crippen LogP contribution in [0.5, 0.6) is 0 Å². The van der Waals surface area contributed by atoms with Crippen molar-refractivity contribution >= 4 is 5.91 Å². The van der Waals surface area contributed by atoms with Crippen molar-refractivity contribution in [1.29, 1.82) is 0 Å². The third kappa shape index (κ3) is 1.82. The summed E-state index contributed by atoms with van der Waals surface area (Å²) in [5.41, 5.74) is 8.14. The van der Waals surface area contributed by atoms with Crippen LogP contribution in [0.2, 0.25) is 0 Å². The van der Waals surface area contributed by atoms with Gasteiger partial charge in [-0.3, -0.25) is 4.79 Å². The number of nitrogens with zero attached hydrogens (tertiary/aromatic N) is 2. The highest BCUT2D eigenvalue weighted by molar-refractivity contribution is 5.90. The molecule has 1 aromatic carbocycles. The van der Waals surface area contributed by atoms with Gasteiger partial charge in [-0.05, 0) is 6.92 Å². The summed E-state index contributed by atoms with van der Waals surface area (Å²) < 4.78 is 1.64. The number of nitrogens with two attached hydrogens (primary N) is 1. The van der Waals surface area contributed by atoms with Gasteiger partial charge in [0.2, 0.25) is 0 Å². The van der Waals surface area contributed by atoms with Crippen molar-refractivity contribution in [3.8, 4) is 11.3 Å². The van der Waals surface area contributed by atoms with Gasteiger partial charge in [-0.1, -0.05) is 29.8 Å². The van der Waals surface area contributed by atoms with E-state index in [-0.39, 0.29) is 5.82 Å². The Balaban J connectivity index is 2.45. The largest absolute Gasteiger partial charge is 0.363 e. The molecule has 2 rings (SSSR count). The Morgan fingerprint density at radius 1 is 1.31 bits per heavy atom. The van der Waals surface area contributed by atoms with Crippen LogP contribution in [0.4, 0.5) is 0 Å². The first-order valence-electron chi connectivity index (χ1n) is 4.98. The zero-order valence-corrected chi connectivity index (χ0v) is 9.27. The maximum absolute atomic E-state index is 11.1. The first-order valence-corrected chi connectivity index (χ1v) is 4.98. The molecule has 4 heteroatoms. The minimum atomic E-state index is -0.513. The van der Waals surface area contributed by atoms with Crippen molar-refractivity contribution in [2.75, 3.05) is 0 Å². The van der Waals surface area contributed by atoms with E-state index in [1.54, 1.807) is 17.8 Å². The Labute approximate surface area is 93.7 Å². The normalized spacial score (nSPS) is 10.4. The predicted molar refractivity (Wildman–Crippen MR) is 61.9 cm³/mol. The molecule has 0 fully saturated rings. The number of aryl methyl sites for hydroxylation is 2. The highest BCUT2D eigenvalue weighted by atomic mass is 16.1. The van der Waals surface area contributed by atoms with Crippen LogP contribution in [0.1, 0.15) is 16.2 Å². The van der Waals surface area contributed by atoms with E-state index < -0.39 is 5.91 Å². The van der Waals surface area contributed by atoms with Gasteiger partial charge < -0.3 is 10.3 Å². The minimum Gasteiger partial charge on any atom is -0.363 e. The Morgan fingerprint density at radius 2 is 1.94 bits per heavy atom. The average Bonchev–Trinajstić information content (AvgIpc) is 2.61. The van der Waals surface area contributed by atoms with E-state index in [0.717, 1.165) is 11.3 Å². The molecule has 0 atom stereocenters. The molecule has 0 saturated heterocycles. The minimum absolute atomic E-state index is 0.274. The van der Waals surface area contributed by atoms with Crippen LogP contribution in [0.3, 0.4) is 0 Å². The smallest absolute Gasteiger partial charge is 0.284 e. The number of benzene rings is 1. The lowest BCUT2D eigenvalue weighted by Gasteiger charge is -1.96. The highest BCUT2D eigenvalue weighted by Crippen LogP contribution is 2.18. The second-order valence-corrected chi connectivity index (χ2v) is 3.79. The second kappa shape index (κ2) is 3.81. The monoisotopic (exact) mass is 215 g/mol. The molecule has 0 saturated carbocycles. The molecule has 4 nitrogen and oxygen atoms in total. The number of primary amides is 1. The van der Waals surface area contributed by atoms with Crippen LogP contribution in [0, 0.1) is 6.92 Å². The molecule has 0 aliphatic carbocycles. The molecule has 16 heavy (non-hydrogen) atoms. The number of amides is 1. The van der Waals surface area contributed by atoms with Crippen molar-refractivity contribution in [2.24, 2.45) is 12.8 Å². The van der Waals surface area contributed by atoms with Gasteiger partial charge in [-0.15, -0.1) is 0 Å². The molecule has 82 valence electrons. The maximum Gasteiger partial charge on any atom is 0.284 e. The number of carbonyl (C=O) groups excluding carboxylic acids is 1. The molecule has 0 bridgehead atoms. The van der Waals surface area contributed by atoms with E-state index in [4.69, 9.17) is 5.73 Å². The van der Waals surface area contributed by atoms with Gasteiger partial charge >= 0.3 is 0 Å². The van der Waals surface area contributed by atoms with Crippen LogP contribution in [-0.2, 0) is 7.05 Å². The summed E-state index contributed by atoms with van der Waals surface area (Å²) in [5.74, 6) is -0.239. The van der Waals surface area contributed by atoms with Crippen LogP contribution in [-0.4, -0.2) is 15.5 Å². The number of hydrogen-bond donors (Lipinski definition) is 1. The molecule has 0 spiro atoms. The Bertz CT molecular complexity index is 526. The molecule has 2 N–H and O–H groups in total. The zero-order chi connectivity index (χ0) is 11.7. The van der Waals surface area contributed by atoms with E-state index in [2.05, 4.69) is 4.98 Å². The Morgan fingerprint density at radius 3 is 2.44 bits per heavy atom. The van der Waals surface area contributed by atoms with E-state index in [1.165, 1.54) is 5.56 Å². The molecule has 0 unspecified atom stereocenters. The Hall–Kier alpha value is -2.10. The molecule has 0 aliphatic rings. The van der Waals surface area contributed by atoms with Gasteiger partial charge in [0.05, 0.1) is 5.69 Å². The molecular weight excluding hydrogens is 202 g/mol. The number of rotatable bonds is 2. The van der Waals surface area contributed by atoms with Gasteiger partial charge in [-0.2, -0.15) is 0 Å². The number of aromatic nitrogens is 2. The topological polar surface area (TPSA) is 60.9 Å². The molecule has 1 heterocycles. The van der Waals surface area contributed by atoms with Gasteiger partial charge in [0, 0.05) is 18.8 Å². The summed E-state index contributed by atoms with van der Waals surface area (Å²) in [6, 6.07) is 7.97. The van der Waals surface area contributed by atoms with Gasteiger partial charge in [0.1, 0.15) is 0 Å². The first kappa shape index (κ1) is 10.4. The fourth-order valence-electron chi connectivity index (χ4n) is 1.56. The maximum atomic E-state index is 11.1. The van der Waals surface area contributed by atoms with Gasteiger partial charge in [0.15, 0.2) is 5.82 Å². The zero-order valence-electron chi connectivity index (χ0n) is 9.27. The number of imidazole rings is 1. The summed E-state index contributed by atoms with van der Waals surface area (Å²) in [6.07, 6.45) is 1.80. The number of carbonyl (C=O) groups is 1. The fourth-order valence-corrected chi connectivity index (χ4v) is 1.56. The second-order valence-electron chi connectivity index (χ2n) is 3.79. The standard InChI is InChI=1S/C12H13N3O/c1-8-3-5-9(6-4-8)10-7-15(2)12(14-10)11(13)16/h3-7H,1-2H3,(H2,13,16). The van der Waals surface area contributed by atoms with Gasteiger partial charge in [-0.25, -0.2) is 4.98 Å². The average molecular weight is 215 g/mol. The lowest BCUT2D eigenvalue weighted by atomic mass is 10.1. The highest BCUT2D eigenvalue weighted by Gasteiger charge is 2.11. The molecule has 0 radical (unpaired) electrons. The molecule has 2 aromatic rings. The van der Waals surface area contributed by atoms with Crippen LogP contribution in [0.15, 0.2) is 30.5 Å². The molecular formula is C12H13N3O. The Kier molecular flexibility index (Phi) is 2.48. The van der Waals surface area contributed by atoms with Crippen LogP contribution in [0.25, 0.3) is 11.3 Å². The van der Waals surface area contributed by atoms with E-state index in [9.17, 15) is 4.79 Å². The van der Waals surface area contributed by atoms with Crippen molar-refractivity contribution in [1.82, 2.24) is 9.55 Å². The van der Waals surface area contributed by atoms with Crippen LogP contribution < -0.4 is 5.73 Å². The number of hydrogen-bond acceptors (Lipinski definition) is 2. The summed E-state index contributed by atoms with van der Waals surface area (Å²) in [6.45, 7) is 2.02. The van der Waals surface area contributed by atoms with Crippen molar-refractivity contribution in [3.05, 3.63) is 41.9 Å². The molecule has 0 aliphatic heterocycles. The van der Waals surface area contributed by atoms with Gasteiger partial charge in [0.25, 0.3) is 5.91 Å². The quantitative estimate of drug-likeness (QED) is 0.825. The summed E-state index contributed by atoms with van der Waals surface area (Å²) in [7, 11) is 1.75. The first-order chi connectivity index (χ1) is 7.58.